The topological polar surface area (TPSA) is 54.2 Å². The lowest BCUT2D eigenvalue weighted by Gasteiger charge is -2.12. The Kier molecular flexibility index (Phi) is 5.56. The van der Waals surface area contributed by atoms with Gasteiger partial charge in [-0.3, -0.25) is 9.67 Å². The molecule has 0 aliphatic carbocycles. The van der Waals surface area contributed by atoms with E-state index in [1.807, 2.05) is 18.7 Å². The maximum atomic E-state index is 4.46. The van der Waals surface area contributed by atoms with Crippen molar-refractivity contribution in [1.82, 2.24) is 20.4 Å². The molecule has 3 rings (SSSR count). The molecule has 5 heteroatoms. The van der Waals surface area contributed by atoms with Crippen molar-refractivity contribution in [3.8, 4) is 0 Å². The van der Waals surface area contributed by atoms with Crippen molar-refractivity contribution in [1.29, 1.82) is 0 Å². The van der Waals surface area contributed by atoms with E-state index in [2.05, 4.69) is 70.1 Å². The summed E-state index contributed by atoms with van der Waals surface area (Å²) in [5, 5.41) is 13.8. The van der Waals surface area contributed by atoms with Crippen molar-refractivity contribution in [2.75, 3.05) is 13.6 Å². The Morgan fingerprint density at radius 1 is 1.08 bits per heavy atom. The lowest BCUT2D eigenvalue weighted by atomic mass is 10.1. The molecular weight excluding hydrogens is 322 g/mol. The number of nitrogens with one attached hydrogen (secondary N) is 2. The largest absolute Gasteiger partial charge is 0.356 e. The van der Waals surface area contributed by atoms with Crippen LogP contribution in [0, 0.1) is 13.8 Å². The highest BCUT2D eigenvalue weighted by Crippen LogP contribution is 2.15. The van der Waals surface area contributed by atoms with Crippen LogP contribution in [0.3, 0.4) is 0 Å². The average Bonchev–Trinajstić information content (AvgIpc) is 2.90. The molecule has 0 spiro atoms. The smallest absolute Gasteiger partial charge is 0.191 e. The first-order chi connectivity index (χ1) is 12.6. The normalized spacial score (nSPS) is 11.8. The van der Waals surface area contributed by atoms with Gasteiger partial charge in [0.1, 0.15) is 0 Å². The molecule has 1 aromatic heterocycles. The number of hydrogen-bond donors (Lipinski definition) is 2. The van der Waals surface area contributed by atoms with Crippen LogP contribution in [0.25, 0.3) is 10.8 Å². The number of benzene rings is 2. The van der Waals surface area contributed by atoms with Gasteiger partial charge in [-0.15, -0.1) is 0 Å². The zero-order valence-corrected chi connectivity index (χ0v) is 16.0. The summed E-state index contributed by atoms with van der Waals surface area (Å²) in [6.45, 7) is 5.69. The summed E-state index contributed by atoms with van der Waals surface area (Å²) in [5.41, 5.74) is 4.79. The first-order valence-electron chi connectivity index (χ1n) is 8.99. The van der Waals surface area contributed by atoms with Crippen LogP contribution in [0.2, 0.25) is 0 Å². The fourth-order valence-electron chi connectivity index (χ4n) is 3.19. The monoisotopic (exact) mass is 349 g/mol. The van der Waals surface area contributed by atoms with E-state index in [0.29, 0.717) is 0 Å². The molecule has 2 N–H and O–H groups in total. The van der Waals surface area contributed by atoms with Gasteiger partial charge in [-0.2, -0.15) is 5.10 Å². The molecule has 0 saturated heterocycles. The van der Waals surface area contributed by atoms with Crippen LogP contribution in [0.4, 0.5) is 0 Å². The van der Waals surface area contributed by atoms with Gasteiger partial charge < -0.3 is 10.6 Å². The Bertz CT molecular complexity index is 923. The summed E-state index contributed by atoms with van der Waals surface area (Å²) < 4.78 is 1.92. The third-order valence-electron chi connectivity index (χ3n) is 4.84. The number of aryl methyl sites for hydroxylation is 2. The summed E-state index contributed by atoms with van der Waals surface area (Å²) in [6.07, 6.45) is 0.955. The zero-order chi connectivity index (χ0) is 18.5. The molecule has 26 heavy (non-hydrogen) atoms. The molecule has 2 aromatic carbocycles. The molecule has 0 radical (unpaired) electrons. The number of guanidine groups is 1. The maximum absolute atomic E-state index is 4.46. The van der Waals surface area contributed by atoms with E-state index in [1.165, 1.54) is 27.6 Å². The van der Waals surface area contributed by atoms with Crippen LogP contribution in [-0.2, 0) is 20.0 Å². The van der Waals surface area contributed by atoms with E-state index < -0.39 is 0 Å². The Balaban J connectivity index is 1.53. The van der Waals surface area contributed by atoms with Gasteiger partial charge in [-0.1, -0.05) is 42.5 Å². The molecule has 0 bridgehead atoms. The molecular formula is C21H27N5. The molecule has 0 saturated carbocycles. The minimum absolute atomic E-state index is 0.723. The van der Waals surface area contributed by atoms with Gasteiger partial charge in [0.05, 0.1) is 5.69 Å². The van der Waals surface area contributed by atoms with Crippen molar-refractivity contribution in [3.05, 3.63) is 65.0 Å². The Morgan fingerprint density at radius 2 is 1.85 bits per heavy atom. The minimum atomic E-state index is 0.723. The number of aliphatic imine (C=N–C) groups is 1. The van der Waals surface area contributed by atoms with Crippen LogP contribution in [0.5, 0.6) is 0 Å². The molecule has 0 unspecified atom stereocenters. The van der Waals surface area contributed by atoms with Gasteiger partial charge in [0.2, 0.25) is 0 Å². The number of aromatic nitrogens is 2. The number of fused-ring (bicyclic) bond motifs is 1. The highest BCUT2D eigenvalue weighted by atomic mass is 15.3. The third kappa shape index (κ3) is 4.04. The highest BCUT2D eigenvalue weighted by Gasteiger charge is 2.09. The second-order valence-corrected chi connectivity index (χ2v) is 6.56. The maximum Gasteiger partial charge on any atom is 0.191 e. The molecule has 3 aromatic rings. The second-order valence-electron chi connectivity index (χ2n) is 6.56. The van der Waals surface area contributed by atoms with E-state index >= 15 is 0 Å². The second kappa shape index (κ2) is 8.04. The van der Waals surface area contributed by atoms with Crippen molar-refractivity contribution in [2.24, 2.45) is 12.0 Å². The molecule has 136 valence electrons. The minimum Gasteiger partial charge on any atom is -0.356 e. The zero-order valence-electron chi connectivity index (χ0n) is 16.0. The predicted octanol–water partition coefficient (Wildman–Crippen LogP) is 3.10. The van der Waals surface area contributed by atoms with E-state index in [1.54, 1.807) is 7.05 Å². The number of hydrogen-bond acceptors (Lipinski definition) is 2. The van der Waals surface area contributed by atoms with Crippen LogP contribution >= 0.6 is 0 Å². The molecule has 0 aliphatic heterocycles. The highest BCUT2D eigenvalue weighted by molar-refractivity contribution is 5.83. The molecule has 0 fully saturated rings. The van der Waals surface area contributed by atoms with Crippen LogP contribution in [0.1, 0.15) is 22.5 Å². The van der Waals surface area contributed by atoms with Gasteiger partial charge in [0.25, 0.3) is 0 Å². The molecule has 0 atom stereocenters. The average molecular weight is 349 g/mol. The summed E-state index contributed by atoms with van der Waals surface area (Å²) in [5.74, 6) is 0.813. The fraction of sp³-hybridized carbons (Fsp3) is 0.333. The van der Waals surface area contributed by atoms with Crippen LogP contribution in [0.15, 0.2) is 47.5 Å². The van der Waals surface area contributed by atoms with Crippen LogP contribution in [-0.4, -0.2) is 29.3 Å². The number of nitrogens with zero attached hydrogens (tertiary/aromatic N) is 3. The van der Waals surface area contributed by atoms with Crippen molar-refractivity contribution in [3.63, 3.8) is 0 Å². The van der Waals surface area contributed by atoms with Crippen molar-refractivity contribution in [2.45, 2.75) is 26.8 Å². The Labute approximate surface area is 155 Å². The molecule has 5 nitrogen and oxygen atoms in total. The summed E-state index contributed by atoms with van der Waals surface area (Å²) in [4.78, 5) is 4.32. The predicted molar refractivity (Wildman–Crippen MR) is 109 cm³/mol. The van der Waals surface area contributed by atoms with Gasteiger partial charge in [-0.05, 0) is 36.6 Å². The van der Waals surface area contributed by atoms with Crippen molar-refractivity contribution >= 4 is 16.7 Å². The summed E-state index contributed by atoms with van der Waals surface area (Å²) in [7, 11) is 3.77. The van der Waals surface area contributed by atoms with Crippen molar-refractivity contribution < 1.29 is 0 Å². The lowest BCUT2D eigenvalue weighted by Crippen LogP contribution is -2.38. The van der Waals surface area contributed by atoms with E-state index in [9.17, 15) is 0 Å². The van der Waals surface area contributed by atoms with Gasteiger partial charge in [-0.25, -0.2) is 0 Å². The standard InChI is InChI=1S/C21H27N5/c1-15-20(16(2)26(4)25-15)14-24-21(22-3)23-12-11-17-9-10-18-7-5-6-8-19(18)13-17/h5-10,13H,11-12,14H2,1-4H3,(H2,22,23,24). The van der Waals surface area contributed by atoms with Gasteiger partial charge >= 0.3 is 0 Å². The van der Waals surface area contributed by atoms with E-state index in [4.69, 9.17) is 0 Å². The molecule has 1 heterocycles. The first kappa shape index (κ1) is 18.0. The van der Waals surface area contributed by atoms with E-state index in [0.717, 1.165) is 31.2 Å². The Hall–Kier alpha value is -2.82. The Morgan fingerprint density at radius 3 is 2.54 bits per heavy atom. The van der Waals surface area contributed by atoms with Crippen LogP contribution < -0.4 is 10.6 Å². The van der Waals surface area contributed by atoms with E-state index in [-0.39, 0.29) is 0 Å². The van der Waals surface area contributed by atoms with Gasteiger partial charge in [0, 0.05) is 38.4 Å². The lowest BCUT2D eigenvalue weighted by molar-refractivity contribution is 0.728. The molecule has 0 amide bonds. The number of rotatable bonds is 5. The third-order valence-corrected chi connectivity index (χ3v) is 4.84. The molecule has 0 aliphatic rings. The first-order valence-corrected chi connectivity index (χ1v) is 8.99. The SMILES string of the molecule is CN=C(NCCc1ccc2ccccc2c1)NCc1c(C)nn(C)c1C. The fourth-order valence-corrected chi connectivity index (χ4v) is 3.19. The quantitative estimate of drug-likeness (QED) is 0.550. The summed E-state index contributed by atoms with van der Waals surface area (Å²) in [6, 6.07) is 15.1. The van der Waals surface area contributed by atoms with Gasteiger partial charge in [0.15, 0.2) is 5.96 Å². The summed E-state index contributed by atoms with van der Waals surface area (Å²) >= 11 is 0.